The van der Waals surface area contributed by atoms with Gasteiger partial charge in [0.2, 0.25) is 0 Å². The summed E-state index contributed by atoms with van der Waals surface area (Å²) >= 11 is 7.31. The van der Waals surface area contributed by atoms with Crippen molar-refractivity contribution in [1.29, 1.82) is 5.26 Å². The summed E-state index contributed by atoms with van der Waals surface area (Å²) in [5.41, 5.74) is 2.19. The first-order chi connectivity index (χ1) is 15.1. The van der Waals surface area contributed by atoms with Crippen LogP contribution in [0.1, 0.15) is 27.5 Å². The second-order valence-electron chi connectivity index (χ2n) is 7.16. The fourth-order valence-corrected chi connectivity index (χ4v) is 4.24. The van der Waals surface area contributed by atoms with Gasteiger partial charge in [-0.1, -0.05) is 11.6 Å². The Hall–Kier alpha value is -3.08. The first-order valence-electron chi connectivity index (χ1n) is 9.99. The number of anilines is 1. The number of nitriles is 1. The Morgan fingerprint density at radius 2 is 1.87 bits per heavy atom. The van der Waals surface area contributed by atoms with Crippen LogP contribution in [0.4, 0.5) is 5.69 Å². The fourth-order valence-electron chi connectivity index (χ4n) is 3.44. The van der Waals surface area contributed by atoms with Gasteiger partial charge in [-0.05, 0) is 55.0 Å². The minimum atomic E-state index is -0.0457. The highest BCUT2D eigenvalue weighted by atomic mass is 35.5. The summed E-state index contributed by atoms with van der Waals surface area (Å²) in [7, 11) is 0. The van der Waals surface area contributed by atoms with Gasteiger partial charge in [0.25, 0.3) is 5.91 Å². The molecule has 0 aliphatic carbocycles. The van der Waals surface area contributed by atoms with Crippen molar-refractivity contribution in [3.63, 3.8) is 0 Å². The molecule has 1 saturated heterocycles. The minimum Gasteiger partial charge on any atom is -0.486 e. The van der Waals surface area contributed by atoms with Gasteiger partial charge < -0.3 is 14.5 Å². The van der Waals surface area contributed by atoms with E-state index in [2.05, 4.69) is 16.0 Å². The molecule has 0 radical (unpaired) electrons. The second-order valence-corrected chi connectivity index (χ2v) is 8.54. The molecule has 1 aromatic heterocycles. The average molecular weight is 453 g/mol. The van der Waals surface area contributed by atoms with Gasteiger partial charge in [0.05, 0.1) is 11.6 Å². The molecule has 1 aliphatic rings. The molecule has 0 unspecified atom stereocenters. The molecule has 2 heterocycles. The normalized spacial score (nSPS) is 14.1. The molecule has 2 aromatic carbocycles. The van der Waals surface area contributed by atoms with Crippen molar-refractivity contribution in [1.82, 2.24) is 9.88 Å². The van der Waals surface area contributed by atoms with Crippen LogP contribution in [0.15, 0.2) is 53.9 Å². The van der Waals surface area contributed by atoms with Crippen molar-refractivity contribution in [2.24, 2.45) is 0 Å². The number of amides is 1. The zero-order valence-corrected chi connectivity index (χ0v) is 18.4. The van der Waals surface area contributed by atoms with Gasteiger partial charge in [-0.2, -0.15) is 5.26 Å². The summed E-state index contributed by atoms with van der Waals surface area (Å²) in [4.78, 5) is 21.6. The molecule has 3 aromatic rings. The first-order valence-corrected chi connectivity index (χ1v) is 11.3. The van der Waals surface area contributed by atoms with Crippen molar-refractivity contribution in [3.8, 4) is 11.8 Å². The Kier molecular flexibility index (Phi) is 6.70. The van der Waals surface area contributed by atoms with Gasteiger partial charge in [0.1, 0.15) is 23.1 Å². The summed E-state index contributed by atoms with van der Waals surface area (Å²) < 4.78 is 5.72. The van der Waals surface area contributed by atoms with Gasteiger partial charge in [-0.3, -0.25) is 4.79 Å². The number of nitrogens with zero attached hydrogens (tertiary/aromatic N) is 4. The van der Waals surface area contributed by atoms with E-state index >= 15 is 0 Å². The molecule has 0 atom stereocenters. The molecule has 8 heteroatoms. The topological polar surface area (TPSA) is 69.5 Å². The van der Waals surface area contributed by atoms with E-state index in [0.29, 0.717) is 41.7 Å². The lowest BCUT2D eigenvalue weighted by Gasteiger charge is -2.23. The Balaban J connectivity index is 1.34. The van der Waals surface area contributed by atoms with Gasteiger partial charge in [-0.25, -0.2) is 4.98 Å². The standard InChI is InChI=1S/C23H21ClN4O2S/c24-18-4-8-20(9-5-18)30-15-22-26-21(16-31-22)23(29)28-11-1-10-27(12-13-28)19-6-2-17(14-25)3-7-19/h2-9,16H,1,10-13,15H2. The van der Waals surface area contributed by atoms with Crippen LogP contribution in [0.25, 0.3) is 0 Å². The number of halogens is 1. The molecule has 158 valence electrons. The quantitative estimate of drug-likeness (QED) is 0.565. The lowest BCUT2D eigenvalue weighted by atomic mass is 10.2. The fraction of sp³-hybridized carbons (Fsp3) is 0.261. The Labute approximate surface area is 190 Å². The molecule has 1 fully saturated rings. The van der Waals surface area contributed by atoms with Crippen LogP contribution in [-0.4, -0.2) is 42.0 Å². The third kappa shape index (κ3) is 5.35. The van der Waals surface area contributed by atoms with Crippen LogP contribution in [0.5, 0.6) is 5.75 Å². The summed E-state index contributed by atoms with van der Waals surface area (Å²) in [5.74, 6) is 0.665. The van der Waals surface area contributed by atoms with Crippen LogP contribution in [0, 0.1) is 11.3 Å². The molecule has 6 nitrogen and oxygen atoms in total. The Morgan fingerprint density at radius 1 is 1.10 bits per heavy atom. The van der Waals surface area contributed by atoms with E-state index < -0.39 is 0 Å². The highest BCUT2D eigenvalue weighted by Gasteiger charge is 2.22. The van der Waals surface area contributed by atoms with Crippen molar-refractivity contribution in [2.45, 2.75) is 13.0 Å². The lowest BCUT2D eigenvalue weighted by molar-refractivity contribution is 0.0761. The lowest BCUT2D eigenvalue weighted by Crippen LogP contribution is -2.35. The number of carbonyl (C=O) groups is 1. The van der Waals surface area contributed by atoms with Crippen molar-refractivity contribution in [3.05, 3.63) is 75.2 Å². The van der Waals surface area contributed by atoms with E-state index in [9.17, 15) is 4.79 Å². The van der Waals surface area contributed by atoms with E-state index in [1.807, 2.05) is 29.2 Å². The van der Waals surface area contributed by atoms with Crippen molar-refractivity contribution in [2.75, 3.05) is 31.1 Å². The number of aromatic nitrogens is 1. The number of ether oxygens (including phenoxy) is 1. The van der Waals surface area contributed by atoms with Crippen LogP contribution >= 0.6 is 22.9 Å². The summed E-state index contributed by atoms with van der Waals surface area (Å²) in [6.45, 7) is 3.25. The third-order valence-electron chi connectivity index (χ3n) is 5.09. The maximum atomic E-state index is 13.0. The molecular weight excluding hydrogens is 432 g/mol. The molecule has 1 aliphatic heterocycles. The number of hydrogen-bond acceptors (Lipinski definition) is 6. The van der Waals surface area contributed by atoms with Crippen LogP contribution in [0.3, 0.4) is 0 Å². The number of carbonyl (C=O) groups excluding carboxylic acids is 1. The Morgan fingerprint density at radius 3 is 2.61 bits per heavy atom. The molecule has 0 saturated carbocycles. The third-order valence-corrected chi connectivity index (χ3v) is 6.17. The van der Waals surface area contributed by atoms with E-state index in [1.165, 1.54) is 11.3 Å². The first kappa shape index (κ1) is 21.2. The van der Waals surface area contributed by atoms with E-state index in [1.54, 1.807) is 29.6 Å². The number of hydrogen-bond donors (Lipinski definition) is 0. The van der Waals surface area contributed by atoms with Crippen LogP contribution < -0.4 is 9.64 Å². The predicted molar refractivity (Wildman–Crippen MR) is 122 cm³/mol. The van der Waals surface area contributed by atoms with Crippen molar-refractivity contribution < 1.29 is 9.53 Å². The summed E-state index contributed by atoms with van der Waals surface area (Å²) in [6, 6.07) is 16.9. The van der Waals surface area contributed by atoms with E-state index in [0.717, 1.165) is 30.2 Å². The average Bonchev–Trinajstić information content (AvgIpc) is 3.14. The predicted octanol–water partition coefficient (Wildman–Crippen LogP) is 4.60. The maximum absolute atomic E-state index is 13.0. The van der Waals surface area contributed by atoms with Gasteiger partial charge in [0, 0.05) is 42.3 Å². The molecule has 0 N–H and O–H groups in total. The summed E-state index contributed by atoms with van der Waals surface area (Å²) in [5, 5.41) is 12.2. The van der Waals surface area contributed by atoms with Crippen LogP contribution in [-0.2, 0) is 6.61 Å². The Bertz CT molecular complexity index is 1080. The zero-order valence-electron chi connectivity index (χ0n) is 16.8. The molecule has 0 spiro atoms. The molecule has 1 amide bonds. The van der Waals surface area contributed by atoms with E-state index in [-0.39, 0.29) is 5.91 Å². The monoisotopic (exact) mass is 452 g/mol. The second kappa shape index (κ2) is 9.82. The van der Waals surface area contributed by atoms with E-state index in [4.69, 9.17) is 21.6 Å². The molecule has 4 rings (SSSR count). The van der Waals surface area contributed by atoms with Crippen molar-refractivity contribution >= 4 is 34.5 Å². The smallest absolute Gasteiger partial charge is 0.273 e. The summed E-state index contributed by atoms with van der Waals surface area (Å²) in [6.07, 6.45) is 0.877. The SMILES string of the molecule is N#Cc1ccc(N2CCCN(C(=O)c3csc(COc4ccc(Cl)cc4)n3)CC2)cc1. The highest BCUT2D eigenvalue weighted by molar-refractivity contribution is 7.09. The molecule has 0 bridgehead atoms. The highest BCUT2D eigenvalue weighted by Crippen LogP contribution is 2.21. The molecular formula is C23H21ClN4O2S. The largest absolute Gasteiger partial charge is 0.486 e. The van der Waals surface area contributed by atoms with Gasteiger partial charge in [0.15, 0.2) is 0 Å². The number of thiazole rings is 1. The number of benzene rings is 2. The maximum Gasteiger partial charge on any atom is 0.273 e. The number of rotatable bonds is 5. The molecule has 31 heavy (non-hydrogen) atoms. The minimum absolute atomic E-state index is 0.0457. The van der Waals surface area contributed by atoms with Crippen LogP contribution in [0.2, 0.25) is 5.02 Å². The van der Waals surface area contributed by atoms with Gasteiger partial charge >= 0.3 is 0 Å². The zero-order chi connectivity index (χ0) is 21.6. The van der Waals surface area contributed by atoms with Gasteiger partial charge in [-0.15, -0.1) is 11.3 Å².